The predicted molar refractivity (Wildman–Crippen MR) is 113 cm³/mol. The number of anilines is 1. The summed E-state index contributed by atoms with van der Waals surface area (Å²) in [4.78, 5) is 22.2. The van der Waals surface area contributed by atoms with Gasteiger partial charge in [-0.1, -0.05) is 0 Å². The molecule has 2 heterocycles. The summed E-state index contributed by atoms with van der Waals surface area (Å²) in [5, 5.41) is 24.2. The molecule has 0 radical (unpaired) electrons. The van der Waals surface area contributed by atoms with Crippen LogP contribution in [-0.4, -0.2) is 63.6 Å². The number of rotatable bonds is 7. The van der Waals surface area contributed by atoms with Crippen molar-refractivity contribution in [2.75, 3.05) is 39.0 Å². The van der Waals surface area contributed by atoms with E-state index in [1.165, 1.54) is 10.9 Å². The fraction of sp³-hybridized carbons (Fsp3) is 0.350. The van der Waals surface area contributed by atoms with Crippen LogP contribution in [0, 0.1) is 0 Å². The molecule has 0 aliphatic heterocycles. The standard InChI is InChI=1S/C20H26N6O3/c1-5-21-19-18-17(22-13-25(4)20(18)27)12-16(23-19)14-6-8-15(9-7-14)26(28,29)11-10-24(2)3/h6-9,12-13,28-29H,5,10-11H2,1-4H3/p+1. The number of nitrogens with one attached hydrogen (secondary N) is 1. The van der Waals surface area contributed by atoms with E-state index in [4.69, 9.17) is 0 Å². The minimum absolute atomic E-state index is 0.137. The lowest BCUT2D eigenvalue weighted by Crippen LogP contribution is -2.46. The first-order valence-corrected chi connectivity index (χ1v) is 9.42. The van der Waals surface area contributed by atoms with E-state index in [0.29, 0.717) is 41.2 Å². The van der Waals surface area contributed by atoms with Gasteiger partial charge in [-0.3, -0.25) is 4.79 Å². The monoisotopic (exact) mass is 399 g/mol. The normalized spacial score (nSPS) is 12.0. The molecule has 0 bridgehead atoms. The summed E-state index contributed by atoms with van der Waals surface area (Å²) in [6.07, 6.45) is 1.49. The van der Waals surface area contributed by atoms with Crippen LogP contribution >= 0.6 is 0 Å². The number of pyridine rings is 1. The van der Waals surface area contributed by atoms with Crippen LogP contribution in [-0.2, 0) is 7.05 Å². The van der Waals surface area contributed by atoms with Crippen LogP contribution in [0.5, 0.6) is 0 Å². The van der Waals surface area contributed by atoms with E-state index in [2.05, 4.69) is 15.3 Å². The van der Waals surface area contributed by atoms with Gasteiger partial charge in [-0.05, 0) is 44.0 Å². The fourth-order valence-electron chi connectivity index (χ4n) is 3.00. The lowest BCUT2D eigenvalue weighted by atomic mass is 10.1. The molecule has 9 nitrogen and oxygen atoms in total. The lowest BCUT2D eigenvalue weighted by Gasteiger charge is -2.22. The molecule has 0 saturated carbocycles. The second-order valence-electron chi connectivity index (χ2n) is 7.25. The quantitative estimate of drug-likeness (QED) is 0.413. The van der Waals surface area contributed by atoms with Gasteiger partial charge in [-0.2, -0.15) is 10.4 Å². The number of likely N-dealkylation sites (N-methyl/N-ethyl adjacent to an activating group) is 1. The number of nitrogens with zero attached hydrogens (tertiary/aromatic N) is 5. The van der Waals surface area contributed by atoms with Gasteiger partial charge >= 0.3 is 0 Å². The number of benzene rings is 1. The van der Waals surface area contributed by atoms with Gasteiger partial charge in [0, 0.05) is 31.3 Å². The number of aromatic nitrogens is 3. The Morgan fingerprint density at radius 1 is 1.21 bits per heavy atom. The summed E-state index contributed by atoms with van der Waals surface area (Å²) in [5.74, 6) is 0.484. The highest BCUT2D eigenvalue weighted by atomic mass is 16.8. The first-order valence-electron chi connectivity index (χ1n) is 9.42. The number of hydrogen-bond donors (Lipinski definition) is 3. The third-order valence-corrected chi connectivity index (χ3v) is 4.68. The Bertz CT molecular complexity index is 1060. The molecule has 9 heteroatoms. The number of hydrogen-bond acceptors (Lipinski definition) is 7. The topological polar surface area (TPSA) is 104 Å². The van der Waals surface area contributed by atoms with Crippen molar-refractivity contribution in [3.63, 3.8) is 0 Å². The first-order chi connectivity index (χ1) is 13.7. The van der Waals surface area contributed by atoms with E-state index in [-0.39, 0.29) is 12.1 Å². The fourth-order valence-corrected chi connectivity index (χ4v) is 3.00. The van der Waals surface area contributed by atoms with E-state index in [9.17, 15) is 15.2 Å². The molecular weight excluding hydrogens is 372 g/mol. The summed E-state index contributed by atoms with van der Waals surface area (Å²) in [5.41, 5.74) is 2.17. The molecule has 0 fully saturated rings. The van der Waals surface area contributed by atoms with Crippen LogP contribution in [0.4, 0.5) is 11.5 Å². The highest BCUT2D eigenvalue weighted by Crippen LogP contribution is 2.27. The van der Waals surface area contributed by atoms with Gasteiger partial charge in [-0.25, -0.2) is 9.97 Å². The number of quaternary nitrogens is 1. The van der Waals surface area contributed by atoms with Crippen LogP contribution < -0.4 is 15.7 Å². The molecule has 3 aromatic rings. The summed E-state index contributed by atoms with van der Waals surface area (Å²) < 4.78 is 1.42. The molecule has 0 spiro atoms. The predicted octanol–water partition coefficient (Wildman–Crippen LogP) is 2.07. The molecule has 0 atom stereocenters. The maximum Gasteiger partial charge on any atom is 0.264 e. The van der Waals surface area contributed by atoms with Gasteiger partial charge in [0.15, 0.2) is 12.2 Å². The molecule has 1 aromatic carbocycles. The Balaban J connectivity index is 2.00. The molecule has 3 rings (SSSR count). The molecule has 0 aliphatic carbocycles. The highest BCUT2D eigenvalue weighted by molar-refractivity contribution is 5.91. The van der Waals surface area contributed by atoms with Crippen molar-refractivity contribution >= 4 is 22.4 Å². The molecule has 0 aliphatic rings. The SMILES string of the molecule is CCNc1nc(-c2ccc([N+](O)(O)CCN(C)C)cc2)cc2ncn(C)c(=O)c12. The third kappa shape index (κ3) is 4.43. The molecule has 3 N–H and O–H groups in total. The zero-order valence-electron chi connectivity index (χ0n) is 17.1. The average Bonchev–Trinajstić information content (AvgIpc) is 2.69. The molecule has 0 saturated heterocycles. The van der Waals surface area contributed by atoms with Crippen LogP contribution in [0.2, 0.25) is 0 Å². The zero-order valence-corrected chi connectivity index (χ0v) is 17.1. The van der Waals surface area contributed by atoms with E-state index in [0.717, 1.165) is 5.56 Å². The largest absolute Gasteiger partial charge is 0.370 e. The van der Waals surface area contributed by atoms with Gasteiger partial charge in [0.2, 0.25) is 0 Å². The smallest absolute Gasteiger partial charge is 0.264 e. The molecular formula is C20H27N6O3+. The number of aryl methyl sites for hydroxylation is 1. The summed E-state index contributed by atoms with van der Waals surface area (Å²) in [7, 11) is 5.40. The number of hydroxylamine groups is 2. The summed E-state index contributed by atoms with van der Waals surface area (Å²) in [6.45, 7) is 3.21. The first kappa shape index (κ1) is 20.9. The summed E-state index contributed by atoms with van der Waals surface area (Å²) >= 11 is 0. The Labute approximate surface area is 169 Å². The molecule has 29 heavy (non-hydrogen) atoms. The maximum atomic E-state index is 12.5. The molecule has 154 valence electrons. The van der Waals surface area contributed by atoms with E-state index in [1.54, 1.807) is 37.4 Å². The minimum Gasteiger partial charge on any atom is -0.370 e. The lowest BCUT2D eigenvalue weighted by molar-refractivity contribution is -0.291. The Morgan fingerprint density at radius 3 is 2.52 bits per heavy atom. The molecule has 2 aromatic heterocycles. The third-order valence-electron chi connectivity index (χ3n) is 4.68. The van der Waals surface area contributed by atoms with E-state index >= 15 is 0 Å². The summed E-state index contributed by atoms with van der Waals surface area (Å²) in [6, 6.07) is 8.62. The second-order valence-corrected chi connectivity index (χ2v) is 7.25. The van der Waals surface area contributed by atoms with Crippen molar-refractivity contribution in [2.24, 2.45) is 7.05 Å². The van der Waals surface area contributed by atoms with E-state index < -0.39 is 4.81 Å². The minimum atomic E-state index is -1.19. The number of fused-ring (bicyclic) bond motifs is 1. The Morgan fingerprint density at radius 2 is 1.90 bits per heavy atom. The van der Waals surface area contributed by atoms with Gasteiger partial charge in [0.05, 0.1) is 24.1 Å². The molecule has 0 unspecified atom stereocenters. The van der Waals surface area contributed by atoms with Crippen molar-refractivity contribution in [3.8, 4) is 11.3 Å². The second kappa shape index (κ2) is 8.26. The van der Waals surface area contributed by atoms with Crippen molar-refractivity contribution in [1.82, 2.24) is 24.2 Å². The van der Waals surface area contributed by atoms with Crippen LogP contribution in [0.25, 0.3) is 22.2 Å². The van der Waals surface area contributed by atoms with Crippen molar-refractivity contribution in [2.45, 2.75) is 6.92 Å². The van der Waals surface area contributed by atoms with Crippen LogP contribution in [0.1, 0.15) is 6.92 Å². The van der Waals surface area contributed by atoms with E-state index in [1.807, 2.05) is 25.9 Å². The Hall–Kier alpha value is -2.85. The van der Waals surface area contributed by atoms with Crippen LogP contribution in [0.3, 0.4) is 0 Å². The van der Waals surface area contributed by atoms with Crippen molar-refractivity contribution < 1.29 is 10.4 Å². The zero-order chi connectivity index (χ0) is 21.2. The van der Waals surface area contributed by atoms with Gasteiger partial charge < -0.3 is 14.8 Å². The highest BCUT2D eigenvalue weighted by Gasteiger charge is 2.26. The van der Waals surface area contributed by atoms with Crippen molar-refractivity contribution in [3.05, 3.63) is 47.0 Å². The Kier molecular flexibility index (Phi) is 5.94. The van der Waals surface area contributed by atoms with Crippen LogP contribution in [0.15, 0.2) is 41.5 Å². The average molecular weight is 399 g/mol. The van der Waals surface area contributed by atoms with Gasteiger partial charge in [0.1, 0.15) is 11.2 Å². The van der Waals surface area contributed by atoms with Crippen molar-refractivity contribution in [1.29, 1.82) is 0 Å². The van der Waals surface area contributed by atoms with Gasteiger partial charge in [0.25, 0.3) is 5.56 Å². The molecule has 0 amide bonds. The van der Waals surface area contributed by atoms with Gasteiger partial charge in [-0.15, -0.1) is 0 Å². The maximum absolute atomic E-state index is 12.5.